The van der Waals surface area contributed by atoms with Gasteiger partial charge < -0.3 is 0 Å². The van der Waals surface area contributed by atoms with Crippen LogP contribution in [-0.4, -0.2) is 5.78 Å². The molecule has 0 radical (unpaired) electrons. The predicted molar refractivity (Wildman–Crippen MR) is 60.1 cm³/mol. The van der Waals surface area contributed by atoms with Crippen LogP contribution in [0.1, 0.15) is 25.3 Å². The highest BCUT2D eigenvalue weighted by atomic mass is 35.5. The highest BCUT2D eigenvalue weighted by Gasteiger charge is 2.04. The van der Waals surface area contributed by atoms with Crippen molar-refractivity contribution in [2.45, 2.75) is 26.2 Å². The summed E-state index contributed by atoms with van der Waals surface area (Å²) in [5.41, 5.74) is 0.890. The fourth-order valence-electron chi connectivity index (χ4n) is 1.31. The number of ketones is 1. The fourth-order valence-corrected chi connectivity index (χ4v) is 1.88. The molecule has 0 aliphatic rings. The molecule has 3 heteroatoms. The van der Waals surface area contributed by atoms with E-state index in [0.29, 0.717) is 22.9 Å². The number of Topliss-reactive ketones (excluding diaryl/α,β-unsaturated/α-hetero) is 1. The van der Waals surface area contributed by atoms with Gasteiger partial charge in [-0.1, -0.05) is 30.1 Å². The van der Waals surface area contributed by atoms with Crippen molar-refractivity contribution in [1.82, 2.24) is 0 Å². The Bertz CT molecular complexity index is 314. The first kappa shape index (κ1) is 11.5. The molecule has 0 amide bonds. The lowest BCUT2D eigenvalue weighted by atomic mass is 10.1. The molecule has 1 rings (SSSR count). The summed E-state index contributed by atoms with van der Waals surface area (Å²) in [6.45, 7) is 1.99. The number of carbonyl (C=O) groups excluding carboxylic acids is 1. The maximum atomic E-state index is 11.3. The van der Waals surface area contributed by atoms with Gasteiger partial charge in [0.1, 0.15) is 5.78 Å². The molecule has 0 N–H and O–H groups in total. The van der Waals surface area contributed by atoms with Crippen molar-refractivity contribution >= 4 is 29.0 Å². The van der Waals surface area contributed by atoms with Crippen LogP contribution < -0.4 is 0 Å². The summed E-state index contributed by atoms with van der Waals surface area (Å²) >= 11 is 11.6. The molecule has 1 aromatic rings. The molecule has 0 saturated carbocycles. The second-order valence-corrected chi connectivity index (χ2v) is 4.12. The average Bonchev–Trinajstić information content (AvgIpc) is 2.01. The lowest BCUT2D eigenvalue weighted by Gasteiger charge is -2.01. The number of rotatable bonds is 4. The third kappa shape index (κ3) is 3.69. The van der Waals surface area contributed by atoms with Gasteiger partial charge in [0, 0.05) is 22.9 Å². The Hall–Kier alpha value is -0.530. The van der Waals surface area contributed by atoms with E-state index in [0.717, 1.165) is 12.0 Å². The molecule has 0 bridgehead atoms. The molecule has 0 heterocycles. The van der Waals surface area contributed by atoms with E-state index in [4.69, 9.17) is 23.2 Å². The highest BCUT2D eigenvalue weighted by molar-refractivity contribution is 6.34. The van der Waals surface area contributed by atoms with E-state index >= 15 is 0 Å². The Kier molecular flexibility index (Phi) is 4.43. The quantitative estimate of drug-likeness (QED) is 0.767. The van der Waals surface area contributed by atoms with Gasteiger partial charge in [0.2, 0.25) is 0 Å². The van der Waals surface area contributed by atoms with E-state index in [-0.39, 0.29) is 5.78 Å². The van der Waals surface area contributed by atoms with E-state index in [2.05, 4.69) is 0 Å². The highest BCUT2D eigenvalue weighted by Crippen LogP contribution is 2.19. The van der Waals surface area contributed by atoms with Gasteiger partial charge >= 0.3 is 0 Å². The van der Waals surface area contributed by atoms with Crippen molar-refractivity contribution in [3.05, 3.63) is 33.8 Å². The Labute approximate surface area is 94.0 Å². The van der Waals surface area contributed by atoms with Gasteiger partial charge in [0.15, 0.2) is 0 Å². The Morgan fingerprint density at radius 1 is 1.21 bits per heavy atom. The second kappa shape index (κ2) is 5.38. The monoisotopic (exact) mass is 230 g/mol. The zero-order valence-corrected chi connectivity index (χ0v) is 9.53. The van der Waals surface area contributed by atoms with Crippen molar-refractivity contribution in [3.8, 4) is 0 Å². The molecule has 0 unspecified atom stereocenters. The lowest BCUT2D eigenvalue weighted by Crippen LogP contribution is -2.01. The second-order valence-electron chi connectivity index (χ2n) is 3.24. The first-order chi connectivity index (χ1) is 6.61. The predicted octanol–water partition coefficient (Wildman–Crippen LogP) is 3.91. The first-order valence-corrected chi connectivity index (χ1v) is 5.34. The van der Waals surface area contributed by atoms with Crippen molar-refractivity contribution in [2.24, 2.45) is 0 Å². The smallest absolute Gasteiger partial charge is 0.137 e. The van der Waals surface area contributed by atoms with E-state index < -0.39 is 0 Å². The molecule has 0 aromatic heterocycles. The number of benzene rings is 1. The minimum Gasteiger partial charge on any atom is -0.299 e. The van der Waals surface area contributed by atoms with E-state index in [9.17, 15) is 4.79 Å². The van der Waals surface area contributed by atoms with Crippen molar-refractivity contribution in [2.75, 3.05) is 0 Å². The molecule has 0 aliphatic heterocycles. The van der Waals surface area contributed by atoms with Crippen molar-refractivity contribution in [3.63, 3.8) is 0 Å². The van der Waals surface area contributed by atoms with Crippen molar-refractivity contribution in [1.29, 1.82) is 0 Å². The molecule has 14 heavy (non-hydrogen) atoms. The summed E-state index contributed by atoms with van der Waals surface area (Å²) in [6, 6.07) is 5.22. The molecule has 1 aromatic carbocycles. The van der Waals surface area contributed by atoms with Crippen LogP contribution in [0.25, 0.3) is 0 Å². The van der Waals surface area contributed by atoms with Gasteiger partial charge in [-0.3, -0.25) is 4.79 Å². The summed E-state index contributed by atoms with van der Waals surface area (Å²) in [6.07, 6.45) is 1.92. The van der Waals surface area contributed by atoms with Crippen LogP contribution >= 0.6 is 23.2 Å². The van der Waals surface area contributed by atoms with Gasteiger partial charge in [-0.15, -0.1) is 0 Å². The normalized spacial score (nSPS) is 10.2. The zero-order valence-electron chi connectivity index (χ0n) is 8.02. The number of hydrogen-bond donors (Lipinski definition) is 0. The van der Waals surface area contributed by atoms with E-state index in [1.54, 1.807) is 18.2 Å². The number of carbonyl (C=O) groups is 1. The molecular weight excluding hydrogens is 219 g/mol. The molecule has 0 spiro atoms. The molecule has 76 valence electrons. The summed E-state index contributed by atoms with van der Waals surface area (Å²) in [5.74, 6) is 0.228. The average molecular weight is 231 g/mol. The Balaban J connectivity index is 2.71. The van der Waals surface area contributed by atoms with Gasteiger partial charge in [-0.2, -0.15) is 0 Å². The summed E-state index contributed by atoms with van der Waals surface area (Å²) < 4.78 is 0. The first-order valence-electron chi connectivity index (χ1n) is 4.58. The molecule has 0 atom stereocenters. The fraction of sp³-hybridized carbons (Fsp3) is 0.364. The van der Waals surface area contributed by atoms with Gasteiger partial charge in [-0.25, -0.2) is 0 Å². The Morgan fingerprint density at radius 2 is 1.79 bits per heavy atom. The van der Waals surface area contributed by atoms with Crippen LogP contribution in [0.15, 0.2) is 18.2 Å². The van der Waals surface area contributed by atoms with Crippen LogP contribution in [0, 0.1) is 0 Å². The van der Waals surface area contributed by atoms with Gasteiger partial charge in [-0.05, 0) is 30.2 Å². The summed E-state index contributed by atoms with van der Waals surface area (Å²) in [7, 11) is 0. The van der Waals surface area contributed by atoms with Gasteiger partial charge in [0.25, 0.3) is 0 Å². The lowest BCUT2D eigenvalue weighted by molar-refractivity contribution is -0.118. The third-order valence-electron chi connectivity index (χ3n) is 1.85. The SMILES string of the molecule is CCCC(=O)Cc1cc(Cl)cc(Cl)c1. The standard InChI is InChI=1S/C11H12Cl2O/c1-2-3-11(14)6-8-4-9(12)7-10(13)5-8/h4-5,7H,2-3,6H2,1H3. The largest absolute Gasteiger partial charge is 0.299 e. The topological polar surface area (TPSA) is 17.1 Å². The number of halogens is 2. The molecular formula is C11H12Cl2O. The third-order valence-corrected chi connectivity index (χ3v) is 2.29. The maximum absolute atomic E-state index is 11.3. The van der Waals surface area contributed by atoms with Gasteiger partial charge in [0.05, 0.1) is 0 Å². The maximum Gasteiger partial charge on any atom is 0.137 e. The summed E-state index contributed by atoms with van der Waals surface area (Å²) in [5, 5.41) is 1.16. The van der Waals surface area contributed by atoms with Crippen molar-refractivity contribution < 1.29 is 4.79 Å². The Morgan fingerprint density at radius 3 is 2.29 bits per heavy atom. The minimum absolute atomic E-state index is 0.228. The molecule has 1 nitrogen and oxygen atoms in total. The summed E-state index contributed by atoms with van der Waals surface area (Å²) in [4.78, 5) is 11.3. The molecule has 0 saturated heterocycles. The van der Waals surface area contributed by atoms with E-state index in [1.165, 1.54) is 0 Å². The van der Waals surface area contributed by atoms with Crippen LogP contribution in [0.3, 0.4) is 0 Å². The molecule has 0 fully saturated rings. The van der Waals surface area contributed by atoms with Crippen LogP contribution in [0.5, 0.6) is 0 Å². The van der Waals surface area contributed by atoms with Crippen LogP contribution in [-0.2, 0) is 11.2 Å². The van der Waals surface area contributed by atoms with Crippen LogP contribution in [0.4, 0.5) is 0 Å². The minimum atomic E-state index is 0.228. The zero-order chi connectivity index (χ0) is 10.6. The van der Waals surface area contributed by atoms with Crippen LogP contribution in [0.2, 0.25) is 10.0 Å². The van der Waals surface area contributed by atoms with E-state index in [1.807, 2.05) is 6.92 Å². The number of hydrogen-bond acceptors (Lipinski definition) is 1. The molecule has 0 aliphatic carbocycles.